The fourth-order valence-corrected chi connectivity index (χ4v) is 4.50. The molecule has 1 amide bonds. The van der Waals surface area contributed by atoms with Gasteiger partial charge in [-0.15, -0.1) is 0 Å². The molecule has 3 heterocycles. The molecular weight excluding hydrogens is 402 g/mol. The molecule has 3 aromatic rings. The van der Waals surface area contributed by atoms with Gasteiger partial charge in [0.05, 0.1) is 16.8 Å². The Hall–Kier alpha value is -2.75. The van der Waals surface area contributed by atoms with Crippen molar-refractivity contribution in [1.82, 2.24) is 23.5 Å². The highest BCUT2D eigenvalue weighted by Gasteiger charge is 2.24. The van der Waals surface area contributed by atoms with Gasteiger partial charge in [0.25, 0.3) is 5.91 Å². The van der Waals surface area contributed by atoms with Crippen LogP contribution in [0.2, 0.25) is 0 Å². The number of hydrogen-bond donors (Lipinski definition) is 0. The summed E-state index contributed by atoms with van der Waals surface area (Å²) in [6.07, 6.45) is 3.91. The summed E-state index contributed by atoms with van der Waals surface area (Å²) in [5, 5.41) is 0. The molecule has 1 fully saturated rings. The van der Waals surface area contributed by atoms with E-state index < -0.39 is 10.0 Å². The zero-order chi connectivity index (χ0) is 21.3. The van der Waals surface area contributed by atoms with E-state index in [9.17, 15) is 13.2 Å². The number of sulfonamides is 1. The van der Waals surface area contributed by atoms with Crippen LogP contribution in [0.1, 0.15) is 16.1 Å². The number of imidazole rings is 1. The highest BCUT2D eigenvalue weighted by Crippen LogP contribution is 2.17. The molecule has 0 saturated carbocycles. The number of hydrogen-bond acceptors (Lipinski definition) is 5. The number of nitrogens with zero attached hydrogens (tertiary/aromatic N) is 5. The Morgan fingerprint density at radius 3 is 2.40 bits per heavy atom. The summed E-state index contributed by atoms with van der Waals surface area (Å²) < 4.78 is 27.6. The highest BCUT2D eigenvalue weighted by molar-refractivity contribution is 7.89. The topological polar surface area (TPSA) is 78.2 Å². The molecule has 2 aromatic heterocycles. The van der Waals surface area contributed by atoms with Gasteiger partial charge in [0.2, 0.25) is 10.0 Å². The fraction of sp³-hybridized carbons (Fsp3) is 0.333. The normalized spacial score (nSPS) is 15.8. The second-order valence-electron chi connectivity index (χ2n) is 7.56. The molecule has 8 nitrogen and oxygen atoms in total. The minimum absolute atomic E-state index is 0.0711. The summed E-state index contributed by atoms with van der Waals surface area (Å²) in [7, 11) is -0.524. The van der Waals surface area contributed by atoms with Gasteiger partial charge >= 0.3 is 0 Å². The van der Waals surface area contributed by atoms with E-state index in [1.165, 1.54) is 26.2 Å². The Kier molecular flexibility index (Phi) is 5.59. The third-order valence-corrected chi connectivity index (χ3v) is 7.25. The first-order valence-electron chi connectivity index (χ1n) is 9.81. The molecule has 9 heteroatoms. The first-order chi connectivity index (χ1) is 14.4. The number of fused-ring (bicyclic) bond motifs is 1. The Balaban J connectivity index is 1.37. The summed E-state index contributed by atoms with van der Waals surface area (Å²) >= 11 is 0. The maximum atomic E-state index is 12.8. The summed E-state index contributed by atoms with van der Waals surface area (Å²) in [5.41, 5.74) is 2.56. The zero-order valence-corrected chi connectivity index (χ0v) is 17.9. The molecule has 0 aliphatic carbocycles. The predicted molar refractivity (Wildman–Crippen MR) is 114 cm³/mol. The standard InChI is InChI=1S/C21H25N5O3S/c1-23(2)30(28,29)19-8-6-17(7-9-19)21(27)25-13-11-24(12-14-25)16-18-15-22-20-5-3-4-10-26(18)20/h3-10,15H,11-14,16H2,1-2H3. The van der Waals surface area contributed by atoms with Crippen LogP contribution in [-0.2, 0) is 16.6 Å². The lowest BCUT2D eigenvalue weighted by atomic mass is 10.2. The molecule has 1 aliphatic heterocycles. The van der Waals surface area contributed by atoms with Crippen molar-refractivity contribution in [3.05, 3.63) is 66.1 Å². The van der Waals surface area contributed by atoms with Crippen LogP contribution in [0, 0.1) is 0 Å². The van der Waals surface area contributed by atoms with Crippen molar-refractivity contribution in [2.24, 2.45) is 0 Å². The third-order valence-electron chi connectivity index (χ3n) is 5.42. The summed E-state index contributed by atoms with van der Waals surface area (Å²) in [6.45, 7) is 3.60. The van der Waals surface area contributed by atoms with Crippen molar-refractivity contribution < 1.29 is 13.2 Å². The number of carbonyl (C=O) groups is 1. The molecule has 30 heavy (non-hydrogen) atoms. The lowest BCUT2D eigenvalue weighted by Gasteiger charge is -2.34. The second-order valence-corrected chi connectivity index (χ2v) is 9.71. The molecule has 0 unspecified atom stereocenters. The first kappa shape index (κ1) is 20.5. The van der Waals surface area contributed by atoms with Gasteiger partial charge in [-0.25, -0.2) is 17.7 Å². The van der Waals surface area contributed by atoms with Crippen LogP contribution in [0.3, 0.4) is 0 Å². The largest absolute Gasteiger partial charge is 0.336 e. The number of carbonyl (C=O) groups excluding carboxylic acids is 1. The summed E-state index contributed by atoms with van der Waals surface area (Å²) in [5.74, 6) is -0.0711. The Bertz CT molecular complexity index is 1150. The molecule has 0 bridgehead atoms. The van der Waals surface area contributed by atoms with E-state index >= 15 is 0 Å². The van der Waals surface area contributed by atoms with Crippen LogP contribution in [0.25, 0.3) is 5.65 Å². The van der Waals surface area contributed by atoms with Gasteiger partial charge in [0.1, 0.15) is 5.65 Å². The van der Waals surface area contributed by atoms with Crippen LogP contribution in [0.15, 0.2) is 59.8 Å². The van der Waals surface area contributed by atoms with Gasteiger partial charge < -0.3 is 9.30 Å². The average Bonchev–Trinajstić information content (AvgIpc) is 3.16. The number of pyridine rings is 1. The predicted octanol–water partition coefficient (Wildman–Crippen LogP) is 1.54. The fourth-order valence-electron chi connectivity index (χ4n) is 3.60. The van der Waals surface area contributed by atoms with Gasteiger partial charge in [0, 0.05) is 58.6 Å². The van der Waals surface area contributed by atoms with Crippen molar-refractivity contribution in [3.8, 4) is 0 Å². The maximum absolute atomic E-state index is 12.8. The van der Waals surface area contributed by atoms with Gasteiger partial charge in [-0.05, 0) is 36.4 Å². The van der Waals surface area contributed by atoms with Gasteiger partial charge in [-0.1, -0.05) is 6.07 Å². The third kappa shape index (κ3) is 3.96. The van der Waals surface area contributed by atoms with Crippen molar-refractivity contribution in [3.63, 3.8) is 0 Å². The van der Waals surface area contributed by atoms with Gasteiger partial charge in [-0.2, -0.15) is 0 Å². The molecule has 0 spiro atoms. The highest BCUT2D eigenvalue weighted by atomic mass is 32.2. The molecule has 0 radical (unpaired) electrons. The SMILES string of the molecule is CN(C)S(=O)(=O)c1ccc(C(=O)N2CCN(Cc3cnc4ccccn34)CC2)cc1. The maximum Gasteiger partial charge on any atom is 0.253 e. The zero-order valence-electron chi connectivity index (χ0n) is 17.1. The Morgan fingerprint density at radius 1 is 1.03 bits per heavy atom. The Morgan fingerprint density at radius 2 is 1.73 bits per heavy atom. The lowest BCUT2D eigenvalue weighted by Crippen LogP contribution is -2.48. The molecule has 0 N–H and O–H groups in total. The average molecular weight is 428 g/mol. The first-order valence-corrected chi connectivity index (χ1v) is 11.3. The van der Waals surface area contributed by atoms with E-state index in [1.807, 2.05) is 35.5 Å². The van der Waals surface area contributed by atoms with Crippen LogP contribution in [0.5, 0.6) is 0 Å². The molecule has 158 valence electrons. The van der Waals surface area contributed by atoms with E-state index in [1.54, 1.807) is 12.1 Å². The van der Waals surface area contributed by atoms with Crippen molar-refractivity contribution in [1.29, 1.82) is 0 Å². The minimum atomic E-state index is -3.50. The van der Waals surface area contributed by atoms with E-state index in [0.29, 0.717) is 18.7 Å². The van der Waals surface area contributed by atoms with E-state index in [-0.39, 0.29) is 10.8 Å². The van der Waals surface area contributed by atoms with Crippen LogP contribution in [0.4, 0.5) is 0 Å². The molecule has 1 aliphatic rings. The van der Waals surface area contributed by atoms with E-state index in [4.69, 9.17) is 0 Å². The number of rotatable bonds is 5. The van der Waals surface area contributed by atoms with E-state index in [0.717, 1.165) is 35.3 Å². The lowest BCUT2D eigenvalue weighted by molar-refractivity contribution is 0.0626. The number of piperazine rings is 1. The van der Waals surface area contributed by atoms with Crippen LogP contribution >= 0.6 is 0 Å². The quantitative estimate of drug-likeness (QED) is 0.617. The molecule has 1 aromatic carbocycles. The van der Waals surface area contributed by atoms with Gasteiger partial charge in [0.15, 0.2) is 0 Å². The number of benzene rings is 1. The molecular formula is C21H25N5O3S. The van der Waals surface area contributed by atoms with Crippen LogP contribution in [-0.4, -0.2) is 78.1 Å². The Labute approximate surface area is 176 Å². The summed E-state index contributed by atoms with van der Waals surface area (Å²) in [6, 6.07) is 12.1. The number of amides is 1. The number of aromatic nitrogens is 2. The molecule has 1 saturated heterocycles. The minimum Gasteiger partial charge on any atom is -0.336 e. The summed E-state index contributed by atoms with van der Waals surface area (Å²) in [4.78, 5) is 21.6. The van der Waals surface area contributed by atoms with Crippen molar-refractivity contribution in [2.45, 2.75) is 11.4 Å². The van der Waals surface area contributed by atoms with Crippen molar-refractivity contribution >= 4 is 21.6 Å². The monoisotopic (exact) mass is 427 g/mol. The van der Waals surface area contributed by atoms with Crippen LogP contribution < -0.4 is 0 Å². The van der Waals surface area contributed by atoms with E-state index in [2.05, 4.69) is 14.3 Å². The smallest absolute Gasteiger partial charge is 0.253 e. The second kappa shape index (κ2) is 8.17. The van der Waals surface area contributed by atoms with Gasteiger partial charge in [-0.3, -0.25) is 9.69 Å². The molecule has 0 atom stereocenters. The van der Waals surface area contributed by atoms with Crippen molar-refractivity contribution in [2.75, 3.05) is 40.3 Å². The molecule has 4 rings (SSSR count).